The van der Waals surface area contributed by atoms with E-state index in [9.17, 15) is 8.42 Å². The molecule has 0 N–H and O–H groups in total. The molecule has 0 amide bonds. The molecule has 1 aliphatic carbocycles. The average Bonchev–Trinajstić information content (AvgIpc) is 2.03. The predicted octanol–water partition coefficient (Wildman–Crippen LogP) is 2.74. The van der Waals surface area contributed by atoms with E-state index in [4.69, 9.17) is 22.3 Å². The molecule has 0 aliphatic heterocycles. The van der Waals surface area contributed by atoms with Crippen molar-refractivity contribution in [3.63, 3.8) is 0 Å². The Labute approximate surface area is 89.0 Å². The van der Waals surface area contributed by atoms with Crippen LogP contribution in [0.4, 0.5) is 0 Å². The van der Waals surface area contributed by atoms with Crippen molar-refractivity contribution in [3.8, 4) is 0 Å². The fourth-order valence-electron chi connectivity index (χ4n) is 1.86. The topological polar surface area (TPSA) is 34.1 Å². The van der Waals surface area contributed by atoms with E-state index >= 15 is 0 Å². The molecule has 0 spiro atoms. The minimum Gasteiger partial charge on any atom is -0.212 e. The zero-order chi connectivity index (χ0) is 10.1. The van der Waals surface area contributed by atoms with Crippen molar-refractivity contribution in [2.75, 3.05) is 0 Å². The summed E-state index contributed by atoms with van der Waals surface area (Å²) in [5.74, 6) is 0.300. The van der Waals surface area contributed by atoms with Crippen molar-refractivity contribution in [2.45, 2.75) is 43.2 Å². The van der Waals surface area contributed by atoms with Gasteiger partial charge in [0.25, 0.3) is 0 Å². The molecular formula is C8H14Cl2O2S. The number of alkyl halides is 1. The summed E-state index contributed by atoms with van der Waals surface area (Å²) in [7, 11) is 1.93. The van der Waals surface area contributed by atoms with Crippen LogP contribution in [0.5, 0.6) is 0 Å². The van der Waals surface area contributed by atoms with Gasteiger partial charge in [-0.2, -0.15) is 0 Å². The Morgan fingerprint density at radius 1 is 1.38 bits per heavy atom. The summed E-state index contributed by atoms with van der Waals surface area (Å²) in [5.41, 5.74) is 0. The summed E-state index contributed by atoms with van der Waals surface area (Å²) in [6, 6.07) is 0. The van der Waals surface area contributed by atoms with Gasteiger partial charge in [0, 0.05) is 16.1 Å². The van der Waals surface area contributed by atoms with Gasteiger partial charge in [-0.25, -0.2) is 8.42 Å². The van der Waals surface area contributed by atoms with Crippen LogP contribution < -0.4 is 0 Å². The first-order valence-corrected chi connectivity index (χ1v) is 7.33. The summed E-state index contributed by atoms with van der Waals surface area (Å²) >= 11 is 6.06. The van der Waals surface area contributed by atoms with E-state index in [0.29, 0.717) is 18.8 Å². The molecule has 2 unspecified atom stereocenters. The van der Waals surface area contributed by atoms with Crippen LogP contribution in [0.15, 0.2) is 0 Å². The lowest BCUT2D eigenvalue weighted by Gasteiger charge is -2.30. The number of halogens is 2. The third-order valence-corrected chi connectivity index (χ3v) is 5.32. The molecule has 2 nitrogen and oxygen atoms in total. The van der Waals surface area contributed by atoms with Crippen LogP contribution in [0.2, 0.25) is 0 Å². The molecule has 0 bridgehead atoms. The van der Waals surface area contributed by atoms with Gasteiger partial charge in [-0.3, -0.25) is 0 Å². The maximum atomic E-state index is 11.1. The SMILES string of the molecule is CCC1CC(S(=O)(=O)Cl)CC[C@H]1Cl. The molecule has 0 aromatic rings. The number of hydrogen-bond donors (Lipinski definition) is 0. The van der Waals surface area contributed by atoms with Crippen LogP contribution in [-0.4, -0.2) is 19.0 Å². The molecule has 0 heterocycles. The van der Waals surface area contributed by atoms with E-state index in [2.05, 4.69) is 0 Å². The summed E-state index contributed by atoms with van der Waals surface area (Å²) in [6.07, 6.45) is 2.92. The van der Waals surface area contributed by atoms with Crippen LogP contribution in [0.3, 0.4) is 0 Å². The normalized spacial score (nSPS) is 36.1. The highest BCUT2D eigenvalue weighted by atomic mass is 35.7. The van der Waals surface area contributed by atoms with Crippen molar-refractivity contribution in [3.05, 3.63) is 0 Å². The molecule has 0 aromatic heterocycles. The van der Waals surface area contributed by atoms with E-state index in [1.165, 1.54) is 0 Å². The molecule has 0 saturated heterocycles. The second-order valence-corrected chi connectivity index (χ2v) is 7.06. The second-order valence-electron chi connectivity index (χ2n) is 3.59. The van der Waals surface area contributed by atoms with Crippen LogP contribution in [0, 0.1) is 5.92 Å². The fourth-order valence-corrected chi connectivity index (χ4v) is 3.65. The molecular weight excluding hydrogens is 231 g/mol. The Bertz CT molecular complexity index is 263. The van der Waals surface area contributed by atoms with Crippen molar-refractivity contribution in [2.24, 2.45) is 5.92 Å². The standard InChI is InChI=1S/C8H14Cl2O2S/c1-2-6-5-7(13(10,11)12)3-4-8(6)9/h6-8H,2-5H2,1H3/t6?,7?,8-/m1/s1. The zero-order valence-electron chi connectivity index (χ0n) is 7.54. The van der Waals surface area contributed by atoms with Crippen molar-refractivity contribution in [1.29, 1.82) is 0 Å². The molecule has 1 fully saturated rings. The lowest BCUT2D eigenvalue weighted by molar-refractivity contribution is 0.357. The minimum atomic E-state index is -3.38. The molecule has 0 aromatic carbocycles. The third kappa shape index (κ3) is 3.00. The maximum Gasteiger partial charge on any atom is 0.235 e. The number of hydrogen-bond acceptors (Lipinski definition) is 2. The Morgan fingerprint density at radius 3 is 2.46 bits per heavy atom. The maximum absolute atomic E-state index is 11.1. The first-order chi connectivity index (χ1) is 5.95. The van der Waals surface area contributed by atoms with E-state index < -0.39 is 9.05 Å². The van der Waals surface area contributed by atoms with Gasteiger partial charge in [0.2, 0.25) is 9.05 Å². The van der Waals surface area contributed by atoms with Gasteiger partial charge in [-0.05, 0) is 25.2 Å². The minimum absolute atomic E-state index is 0.125. The summed E-state index contributed by atoms with van der Waals surface area (Å²) < 4.78 is 22.2. The first kappa shape index (κ1) is 11.6. The highest BCUT2D eigenvalue weighted by Gasteiger charge is 2.34. The summed E-state index contributed by atoms with van der Waals surface area (Å²) in [4.78, 5) is 0. The first-order valence-electron chi connectivity index (χ1n) is 4.52. The Hall–Kier alpha value is 0.530. The van der Waals surface area contributed by atoms with Crippen molar-refractivity contribution in [1.82, 2.24) is 0 Å². The second kappa shape index (κ2) is 4.37. The zero-order valence-corrected chi connectivity index (χ0v) is 9.87. The molecule has 1 saturated carbocycles. The molecule has 13 heavy (non-hydrogen) atoms. The third-order valence-electron chi connectivity index (χ3n) is 2.76. The van der Waals surface area contributed by atoms with Gasteiger partial charge in [0.05, 0.1) is 5.25 Å². The van der Waals surface area contributed by atoms with Gasteiger partial charge in [-0.15, -0.1) is 11.6 Å². The molecule has 5 heteroatoms. The van der Waals surface area contributed by atoms with E-state index in [1.54, 1.807) is 0 Å². The predicted molar refractivity (Wildman–Crippen MR) is 55.8 cm³/mol. The Balaban J connectivity index is 2.65. The van der Waals surface area contributed by atoms with Gasteiger partial charge in [-0.1, -0.05) is 13.3 Å². The van der Waals surface area contributed by atoms with Crippen molar-refractivity contribution >= 4 is 31.3 Å². The van der Waals surface area contributed by atoms with E-state index in [0.717, 1.165) is 12.8 Å². The molecule has 1 aliphatic rings. The quantitative estimate of drug-likeness (QED) is 0.553. The van der Waals surface area contributed by atoms with Crippen LogP contribution in [0.25, 0.3) is 0 Å². The highest BCUT2D eigenvalue weighted by molar-refractivity contribution is 8.14. The highest BCUT2D eigenvalue weighted by Crippen LogP contribution is 2.35. The van der Waals surface area contributed by atoms with E-state index in [-0.39, 0.29) is 10.6 Å². The fraction of sp³-hybridized carbons (Fsp3) is 1.00. The monoisotopic (exact) mass is 244 g/mol. The van der Waals surface area contributed by atoms with Gasteiger partial charge in [0.15, 0.2) is 0 Å². The average molecular weight is 245 g/mol. The summed E-state index contributed by atoms with van der Waals surface area (Å²) in [5, 5.41) is -0.256. The molecule has 3 atom stereocenters. The molecule has 78 valence electrons. The summed E-state index contributed by atoms with van der Waals surface area (Å²) in [6.45, 7) is 2.03. The number of rotatable bonds is 2. The van der Waals surface area contributed by atoms with Crippen LogP contribution >= 0.6 is 22.3 Å². The lowest BCUT2D eigenvalue weighted by atomic mass is 9.87. The van der Waals surface area contributed by atoms with E-state index in [1.807, 2.05) is 6.92 Å². The lowest BCUT2D eigenvalue weighted by Crippen LogP contribution is -2.31. The Kier molecular flexibility index (Phi) is 3.90. The molecule has 0 radical (unpaired) electrons. The van der Waals surface area contributed by atoms with Crippen LogP contribution in [0.1, 0.15) is 32.6 Å². The van der Waals surface area contributed by atoms with Crippen molar-refractivity contribution < 1.29 is 8.42 Å². The molecule has 1 rings (SSSR count). The van der Waals surface area contributed by atoms with Crippen LogP contribution in [-0.2, 0) is 9.05 Å². The largest absolute Gasteiger partial charge is 0.235 e. The Morgan fingerprint density at radius 2 is 2.00 bits per heavy atom. The van der Waals surface area contributed by atoms with Gasteiger partial charge < -0.3 is 0 Å². The smallest absolute Gasteiger partial charge is 0.212 e. The van der Waals surface area contributed by atoms with Gasteiger partial charge in [0.1, 0.15) is 0 Å². The van der Waals surface area contributed by atoms with Gasteiger partial charge >= 0.3 is 0 Å².